The third-order valence-corrected chi connectivity index (χ3v) is 6.07. The number of rotatable bonds is 7. The van der Waals surface area contributed by atoms with E-state index in [0.717, 1.165) is 37.9 Å². The molecule has 1 aliphatic heterocycles. The summed E-state index contributed by atoms with van der Waals surface area (Å²) in [4.78, 5) is 34.0. The predicted octanol–water partition coefficient (Wildman–Crippen LogP) is 1.66. The van der Waals surface area contributed by atoms with Crippen molar-refractivity contribution in [2.24, 2.45) is 13.0 Å². The van der Waals surface area contributed by atoms with Crippen LogP contribution in [0.15, 0.2) is 33.9 Å². The van der Waals surface area contributed by atoms with Crippen molar-refractivity contribution in [1.29, 1.82) is 0 Å². The molecule has 1 fully saturated rings. The zero-order valence-corrected chi connectivity index (χ0v) is 18.9. The highest BCUT2D eigenvalue weighted by Gasteiger charge is 2.26. The maximum Gasteiger partial charge on any atom is 0.329 e. The fourth-order valence-corrected chi connectivity index (χ4v) is 4.32. The van der Waals surface area contributed by atoms with E-state index in [1.165, 1.54) is 4.57 Å². The van der Waals surface area contributed by atoms with Crippen molar-refractivity contribution in [2.75, 3.05) is 24.6 Å². The van der Waals surface area contributed by atoms with Gasteiger partial charge in [-0.3, -0.25) is 14.3 Å². The van der Waals surface area contributed by atoms with Crippen molar-refractivity contribution in [3.63, 3.8) is 0 Å². The number of aliphatic hydroxyl groups excluding tert-OH is 1. The van der Waals surface area contributed by atoms with Crippen LogP contribution in [0, 0.1) is 5.92 Å². The highest BCUT2D eigenvalue weighted by molar-refractivity contribution is 5.74. The monoisotopic (exact) mass is 441 g/mol. The maximum atomic E-state index is 12.7. The first kappa shape index (κ1) is 22.1. The molecule has 1 aliphatic rings. The molecular formula is C23H31N5O4. The Morgan fingerprint density at radius 3 is 2.91 bits per heavy atom. The minimum Gasteiger partial charge on any atom is -0.491 e. The number of H-pyrrole nitrogens is 1. The van der Waals surface area contributed by atoms with E-state index in [0.29, 0.717) is 23.3 Å². The van der Waals surface area contributed by atoms with Crippen molar-refractivity contribution >= 4 is 17.1 Å². The van der Waals surface area contributed by atoms with Gasteiger partial charge in [0.15, 0.2) is 11.2 Å². The summed E-state index contributed by atoms with van der Waals surface area (Å²) in [6.45, 7) is 6.10. The van der Waals surface area contributed by atoms with E-state index in [4.69, 9.17) is 4.74 Å². The molecule has 4 rings (SSSR count). The van der Waals surface area contributed by atoms with Crippen molar-refractivity contribution in [1.82, 2.24) is 19.1 Å². The average Bonchev–Trinajstić information content (AvgIpc) is 3.16. The van der Waals surface area contributed by atoms with E-state index < -0.39 is 17.4 Å². The summed E-state index contributed by atoms with van der Waals surface area (Å²) < 4.78 is 8.87. The van der Waals surface area contributed by atoms with E-state index in [2.05, 4.69) is 28.7 Å². The van der Waals surface area contributed by atoms with E-state index in [-0.39, 0.29) is 18.7 Å². The third-order valence-electron chi connectivity index (χ3n) is 6.07. The van der Waals surface area contributed by atoms with Crippen LogP contribution in [0.2, 0.25) is 0 Å². The van der Waals surface area contributed by atoms with Crippen LogP contribution in [-0.2, 0) is 20.0 Å². The maximum absolute atomic E-state index is 12.7. The Balaban J connectivity index is 1.65. The predicted molar refractivity (Wildman–Crippen MR) is 124 cm³/mol. The van der Waals surface area contributed by atoms with E-state index >= 15 is 0 Å². The number of aryl methyl sites for hydroxylation is 2. The Bertz CT molecular complexity index is 1210. The molecule has 9 heteroatoms. The van der Waals surface area contributed by atoms with Crippen LogP contribution in [0.3, 0.4) is 0 Å². The molecule has 2 N–H and O–H groups in total. The SMILES string of the molecule is CCc1cccc(OC[C@@H](O)Cn2c(N3CCC[C@H](C)C3)nc3c2c(=O)[nH]c(=O)n3C)c1. The van der Waals surface area contributed by atoms with Crippen LogP contribution in [-0.4, -0.2) is 50.0 Å². The van der Waals surface area contributed by atoms with Crippen LogP contribution in [0.5, 0.6) is 5.75 Å². The molecule has 9 nitrogen and oxygen atoms in total. The van der Waals surface area contributed by atoms with Crippen LogP contribution in [0.1, 0.15) is 32.3 Å². The lowest BCUT2D eigenvalue weighted by atomic mass is 10.0. The van der Waals surface area contributed by atoms with Gasteiger partial charge < -0.3 is 19.3 Å². The van der Waals surface area contributed by atoms with Gasteiger partial charge in [0.1, 0.15) is 18.5 Å². The number of benzene rings is 1. The van der Waals surface area contributed by atoms with Crippen molar-refractivity contribution in [3.8, 4) is 5.75 Å². The van der Waals surface area contributed by atoms with Gasteiger partial charge in [-0.15, -0.1) is 0 Å². The highest BCUT2D eigenvalue weighted by atomic mass is 16.5. The minimum absolute atomic E-state index is 0.0757. The number of fused-ring (bicyclic) bond motifs is 1. The molecule has 0 spiro atoms. The van der Waals surface area contributed by atoms with Crippen molar-refractivity contribution in [2.45, 2.75) is 45.8 Å². The van der Waals surface area contributed by atoms with Crippen molar-refractivity contribution < 1.29 is 9.84 Å². The van der Waals surface area contributed by atoms with Gasteiger partial charge in [0, 0.05) is 20.1 Å². The zero-order valence-electron chi connectivity index (χ0n) is 18.9. The number of nitrogens with zero attached hydrogens (tertiary/aromatic N) is 4. The number of aromatic nitrogens is 4. The minimum atomic E-state index is -0.865. The number of nitrogens with one attached hydrogen (secondary N) is 1. The number of piperidine rings is 1. The van der Waals surface area contributed by atoms with Gasteiger partial charge in [0.05, 0.1) is 6.54 Å². The molecule has 1 saturated heterocycles. The number of hydrogen-bond acceptors (Lipinski definition) is 6. The molecule has 0 amide bonds. The Hall–Kier alpha value is -3.07. The summed E-state index contributed by atoms with van der Waals surface area (Å²) in [5, 5.41) is 10.8. The molecule has 3 heterocycles. The number of aromatic amines is 1. The van der Waals surface area contributed by atoms with Crippen LogP contribution < -0.4 is 20.9 Å². The van der Waals surface area contributed by atoms with Gasteiger partial charge in [-0.2, -0.15) is 4.98 Å². The summed E-state index contributed by atoms with van der Waals surface area (Å²) in [5.74, 6) is 1.80. The fraction of sp³-hybridized carbons (Fsp3) is 0.522. The summed E-state index contributed by atoms with van der Waals surface area (Å²) in [5.41, 5.74) is 0.746. The molecule has 0 bridgehead atoms. The third kappa shape index (κ3) is 4.43. The molecule has 172 valence electrons. The topological polar surface area (TPSA) is 105 Å². The zero-order chi connectivity index (χ0) is 22.8. The second-order valence-corrected chi connectivity index (χ2v) is 8.67. The standard InChI is InChI=1S/C23H31N5O4/c1-4-16-8-5-9-18(11-16)32-14-17(29)13-28-19-20(26(3)23(31)25-21(19)30)24-22(28)27-10-6-7-15(2)12-27/h5,8-9,11,15,17,29H,4,6-7,10,12-14H2,1-3H3,(H,25,30,31)/t15-,17-/m0/s1. The van der Waals surface area contributed by atoms with Gasteiger partial charge >= 0.3 is 5.69 Å². The van der Waals surface area contributed by atoms with Gasteiger partial charge in [-0.25, -0.2) is 4.79 Å². The second-order valence-electron chi connectivity index (χ2n) is 8.67. The lowest BCUT2D eigenvalue weighted by Gasteiger charge is -2.32. The first-order valence-corrected chi connectivity index (χ1v) is 11.2. The fourth-order valence-electron chi connectivity index (χ4n) is 4.32. The van der Waals surface area contributed by atoms with Gasteiger partial charge in [0.2, 0.25) is 5.95 Å². The number of imidazole rings is 1. The van der Waals surface area contributed by atoms with E-state index in [1.807, 2.05) is 24.3 Å². The molecule has 1 aromatic carbocycles. The van der Waals surface area contributed by atoms with Crippen LogP contribution >= 0.6 is 0 Å². The van der Waals surface area contributed by atoms with Crippen LogP contribution in [0.25, 0.3) is 11.2 Å². The number of aliphatic hydroxyl groups is 1. The van der Waals surface area contributed by atoms with Gasteiger partial charge in [-0.1, -0.05) is 26.0 Å². The molecule has 3 aromatic rings. The molecule has 0 aliphatic carbocycles. The quantitative estimate of drug-likeness (QED) is 0.578. The first-order chi connectivity index (χ1) is 15.4. The smallest absolute Gasteiger partial charge is 0.329 e. The van der Waals surface area contributed by atoms with Gasteiger partial charge in [0.25, 0.3) is 5.56 Å². The van der Waals surface area contributed by atoms with E-state index in [9.17, 15) is 14.7 Å². The lowest BCUT2D eigenvalue weighted by Crippen LogP contribution is -2.37. The Labute approximate surface area is 186 Å². The number of ether oxygens (including phenoxy) is 1. The molecule has 2 atom stereocenters. The highest BCUT2D eigenvalue weighted by Crippen LogP contribution is 2.25. The second kappa shape index (κ2) is 9.20. The largest absolute Gasteiger partial charge is 0.491 e. The molecular weight excluding hydrogens is 410 g/mol. The summed E-state index contributed by atoms with van der Waals surface area (Å²) in [6.07, 6.45) is 2.21. The Kier molecular flexibility index (Phi) is 6.36. The summed E-state index contributed by atoms with van der Waals surface area (Å²) in [7, 11) is 1.58. The Morgan fingerprint density at radius 1 is 1.34 bits per heavy atom. The first-order valence-electron chi connectivity index (χ1n) is 11.2. The summed E-state index contributed by atoms with van der Waals surface area (Å²) >= 11 is 0. The molecule has 0 unspecified atom stereocenters. The van der Waals surface area contributed by atoms with Crippen LogP contribution in [0.4, 0.5) is 5.95 Å². The average molecular weight is 442 g/mol. The van der Waals surface area contributed by atoms with Gasteiger partial charge in [-0.05, 0) is 42.9 Å². The normalized spacial score (nSPS) is 17.6. The molecule has 32 heavy (non-hydrogen) atoms. The molecule has 2 aromatic heterocycles. The lowest BCUT2D eigenvalue weighted by molar-refractivity contribution is 0.0935. The summed E-state index contributed by atoms with van der Waals surface area (Å²) in [6, 6.07) is 7.78. The molecule has 0 saturated carbocycles. The number of anilines is 1. The Morgan fingerprint density at radius 2 is 2.16 bits per heavy atom. The van der Waals surface area contributed by atoms with Crippen molar-refractivity contribution in [3.05, 3.63) is 50.7 Å². The number of hydrogen-bond donors (Lipinski definition) is 2. The molecule has 0 radical (unpaired) electrons. The van der Waals surface area contributed by atoms with E-state index in [1.54, 1.807) is 11.6 Å².